The standard InChI is InChI=1S/C19H22N2S/c1-4-10-17(16-13-8-9-14-18(16)22-21-3)19(20-2)15-11-6-5-7-12-15/h5-9,11-14,21H,2,4,10H2,1,3H3/b19-17+. The first kappa shape index (κ1) is 16.5. The lowest BCUT2D eigenvalue weighted by molar-refractivity contribution is 0.969. The van der Waals surface area contributed by atoms with E-state index in [1.165, 1.54) is 16.0 Å². The van der Waals surface area contributed by atoms with Crippen LogP contribution in [0.25, 0.3) is 11.3 Å². The Morgan fingerprint density at radius 3 is 2.41 bits per heavy atom. The van der Waals surface area contributed by atoms with Crippen LogP contribution in [0.2, 0.25) is 0 Å². The minimum absolute atomic E-state index is 0.977. The normalized spacial score (nSPS) is 11.9. The van der Waals surface area contributed by atoms with Crippen LogP contribution in [0.15, 0.2) is 64.5 Å². The smallest absolute Gasteiger partial charge is 0.0733 e. The van der Waals surface area contributed by atoms with E-state index < -0.39 is 0 Å². The molecule has 114 valence electrons. The molecular weight excluding hydrogens is 288 g/mol. The lowest BCUT2D eigenvalue weighted by Gasteiger charge is -2.15. The minimum Gasteiger partial charge on any atom is -0.264 e. The second-order valence-electron chi connectivity index (χ2n) is 4.90. The van der Waals surface area contributed by atoms with Crippen LogP contribution in [0.1, 0.15) is 30.9 Å². The summed E-state index contributed by atoms with van der Waals surface area (Å²) >= 11 is 1.63. The number of aliphatic imine (C=N–C) groups is 1. The van der Waals surface area contributed by atoms with Gasteiger partial charge in [-0.05, 0) is 49.3 Å². The zero-order valence-corrected chi connectivity index (χ0v) is 14.0. The summed E-state index contributed by atoms with van der Waals surface area (Å²) in [6, 6.07) is 18.7. The highest BCUT2D eigenvalue weighted by molar-refractivity contribution is 7.97. The molecule has 2 nitrogen and oxygen atoms in total. The van der Waals surface area contributed by atoms with E-state index in [-0.39, 0.29) is 0 Å². The average molecular weight is 310 g/mol. The third-order valence-electron chi connectivity index (χ3n) is 3.42. The summed E-state index contributed by atoms with van der Waals surface area (Å²) in [6.07, 6.45) is 2.05. The monoisotopic (exact) mass is 310 g/mol. The predicted molar refractivity (Wildman–Crippen MR) is 99.1 cm³/mol. The van der Waals surface area contributed by atoms with Crippen LogP contribution < -0.4 is 4.72 Å². The number of nitrogens with zero attached hydrogens (tertiary/aromatic N) is 1. The van der Waals surface area contributed by atoms with Crippen LogP contribution in [0, 0.1) is 0 Å². The van der Waals surface area contributed by atoms with Gasteiger partial charge in [-0.15, -0.1) is 0 Å². The molecule has 0 aromatic heterocycles. The van der Waals surface area contributed by atoms with Gasteiger partial charge in [0.1, 0.15) is 0 Å². The molecule has 0 aliphatic heterocycles. The van der Waals surface area contributed by atoms with Crippen LogP contribution >= 0.6 is 11.9 Å². The molecule has 0 aliphatic rings. The summed E-state index contributed by atoms with van der Waals surface area (Å²) < 4.78 is 3.17. The maximum Gasteiger partial charge on any atom is 0.0733 e. The molecule has 0 unspecified atom stereocenters. The van der Waals surface area contributed by atoms with E-state index in [4.69, 9.17) is 0 Å². The zero-order valence-electron chi connectivity index (χ0n) is 13.2. The molecule has 2 rings (SSSR count). The molecule has 0 spiro atoms. The van der Waals surface area contributed by atoms with Gasteiger partial charge in [0.05, 0.1) is 5.70 Å². The van der Waals surface area contributed by atoms with Gasteiger partial charge in [0.2, 0.25) is 0 Å². The highest BCUT2D eigenvalue weighted by atomic mass is 32.2. The Kier molecular flexibility index (Phi) is 6.44. The van der Waals surface area contributed by atoms with Crippen LogP contribution in [0.5, 0.6) is 0 Å². The number of hydrogen-bond acceptors (Lipinski definition) is 3. The topological polar surface area (TPSA) is 24.4 Å². The van der Waals surface area contributed by atoms with E-state index in [0.717, 1.165) is 24.1 Å². The van der Waals surface area contributed by atoms with Gasteiger partial charge in [0.15, 0.2) is 0 Å². The van der Waals surface area contributed by atoms with E-state index in [9.17, 15) is 0 Å². The van der Waals surface area contributed by atoms with Gasteiger partial charge in [0, 0.05) is 10.5 Å². The molecule has 0 aliphatic carbocycles. The Morgan fingerprint density at radius 2 is 1.77 bits per heavy atom. The van der Waals surface area contributed by atoms with Crippen molar-refractivity contribution in [3.8, 4) is 0 Å². The van der Waals surface area contributed by atoms with Gasteiger partial charge >= 0.3 is 0 Å². The van der Waals surface area contributed by atoms with Crippen molar-refractivity contribution in [1.82, 2.24) is 4.72 Å². The summed E-state index contributed by atoms with van der Waals surface area (Å²) in [4.78, 5) is 5.57. The minimum atomic E-state index is 0.977. The summed E-state index contributed by atoms with van der Waals surface area (Å²) in [5, 5.41) is 0. The quantitative estimate of drug-likeness (QED) is 0.427. The first-order valence-electron chi connectivity index (χ1n) is 7.50. The van der Waals surface area contributed by atoms with Crippen molar-refractivity contribution in [3.63, 3.8) is 0 Å². The van der Waals surface area contributed by atoms with E-state index >= 15 is 0 Å². The molecule has 0 fully saturated rings. The largest absolute Gasteiger partial charge is 0.264 e. The van der Waals surface area contributed by atoms with Gasteiger partial charge in [-0.1, -0.05) is 61.9 Å². The fourth-order valence-electron chi connectivity index (χ4n) is 2.50. The first-order chi connectivity index (χ1) is 10.8. The Morgan fingerprint density at radius 1 is 1.09 bits per heavy atom. The summed E-state index contributed by atoms with van der Waals surface area (Å²) in [6.45, 7) is 6.01. The lowest BCUT2D eigenvalue weighted by Crippen LogP contribution is -1.97. The van der Waals surface area contributed by atoms with Crippen LogP contribution in [-0.4, -0.2) is 13.8 Å². The molecule has 0 bridgehead atoms. The molecule has 0 atom stereocenters. The summed E-state index contributed by atoms with van der Waals surface area (Å²) in [5.41, 5.74) is 4.58. The second-order valence-corrected chi connectivity index (χ2v) is 5.96. The predicted octanol–water partition coefficient (Wildman–Crippen LogP) is 5.28. The van der Waals surface area contributed by atoms with Crippen molar-refractivity contribution in [2.75, 3.05) is 7.05 Å². The van der Waals surface area contributed by atoms with Gasteiger partial charge in [-0.3, -0.25) is 9.71 Å². The van der Waals surface area contributed by atoms with E-state index in [2.05, 4.69) is 59.8 Å². The molecule has 2 aromatic carbocycles. The van der Waals surface area contributed by atoms with Crippen molar-refractivity contribution in [2.45, 2.75) is 24.7 Å². The molecular formula is C19H22N2S. The van der Waals surface area contributed by atoms with Gasteiger partial charge < -0.3 is 0 Å². The molecule has 1 N–H and O–H groups in total. The van der Waals surface area contributed by atoms with Gasteiger partial charge in [-0.25, -0.2) is 0 Å². The van der Waals surface area contributed by atoms with E-state index in [0.29, 0.717) is 0 Å². The van der Waals surface area contributed by atoms with Crippen molar-refractivity contribution >= 4 is 29.9 Å². The summed E-state index contributed by atoms with van der Waals surface area (Å²) in [5.74, 6) is 0. The number of allylic oxidation sites excluding steroid dienone is 1. The number of benzene rings is 2. The average Bonchev–Trinajstić information content (AvgIpc) is 2.57. The maximum atomic E-state index is 4.35. The van der Waals surface area contributed by atoms with E-state index in [1.54, 1.807) is 11.9 Å². The van der Waals surface area contributed by atoms with E-state index in [1.807, 2.05) is 25.2 Å². The molecule has 2 aromatic rings. The zero-order chi connectivity index (χ0) is 15.8. The van der Waals surface area contributed by atoms with Gasteiger partial charge in [-0.2, -0.15) is 0 Å². The molecule has 0 heterocycles. The number of nitrogens with one attached hydrogen (secondary N) is 1. The number of rotatable bonds is 7. The second kappa shape index (κ2) is 8.57. The van der Waals surface area contributed by atoms with Crippen LogP contribution in [0.4, 0.5) is 0 Å². The van der Waals surface area contributed by atoms with Gasteiger partial charge in [0.25, 0.3) is 0 Å². The first-order valence-corrected chi connectivity index (χ1v) is 8.31. The third-order valence-corrected chi connectivity index (χ3v) is 4.20. The Bertz CT molecular complexity index is 647. The number of hydrogen-bond donors (Lipinski definition) is 1. The SMILES string of the molecule is C=N/C(=C(\CCC)c1ccccc1SNC)c1ccccc1. The Balaban J connectivity index is 2.62. The Labute approximate surface area is 137 Å². The highest BCUT2D eigenvalue weighted by Crippen LogP contribution is 2.35. The third kappa shape index (κ3) is 3.87. The molecule has 0 saturated heterocycles. The fourth-order valence-corrected chi connectivity index (χ4v) is 3.17. The molecule has 22 heavy (non-hydrogen) atoms. The summed E-state index contributed by atoms with van der Waals surface area (Å²) in [7, 11) is 1.94. The van der Waals surface area contributed by atoms with Crippen LogP contribution in [0.3, 0.4) is 0 Å². The van der Waals surface area contributed by atoms with Crippen molar-refractivity contribution in [2.24, 2.45) is 4.99 Å². The van der Waals surface area contributed by atoms with Crippen molar-refractivity contribution in [1.29, 1.82) is 0 Å². The van der Waals surface area contributed by atoms with Crippen LogP contribution in [-0.2, 0) is 0 Å². The van der Waals surface area contributed by atoms with Crippen molar-refractivity contribution in [3.05, 3.63) is 65.7 Å². The molecule has 0 amide bonds. The molecule has 0 saturated carbocycles. The lowest BCUT2D eigenvalue weighted by atomic mass is 9.96. The Hall–Kier alpha value is -1.84. The molecule has 0 radical (unpaired) electrons. The maximum absolute atomic E-state index is 4.35. The molecule has 3 heteroatoms. The fraction of sp³-hybridized carbons (Fsp3) is 0.211. The van der Waals surface area contributed by atoms with Crippen molar-refractivity contribution < 1.29 is 0 Å². The highest BCUT2D eigenvalue weighted by Gasteiger charge is 2.13.